The number of halogens is 1. The molecule has 0 unspecified atom stereocenters. The second-order valence-electron chi connectivity index (χ2n) is 5.47. The molecule has 26 heavy (non-hydrogen) atoms. The topological polar surface area (TPSA) is 101 Å². The Bertz CT molecular complexity index is 877. The first kappa shape index (κ1) is 19.2. The van der Waals surface area contributed by atoms with Gasteiger partial charge in [0.15, 0.2) is 5.41 Å². The molecule has 0 spiro atoms. The molecule has 0 bridgehead atoms. The fraction of sp³-hybridized carbons (Fsp3) is 0.222. The molecule has 8 heteroatoms. The Morgan fingerprint density at radius 2 is 1.92 bits per heavy atom. The van der Waals surface area contributed by atoms with Gasteiger partial charge in [-0.15, -0.1) is 0 Å². The van der Waals surface area contributed by atoms with Gasteiger partial charge in [-0.2, -0.15) is 5.26 Å². The van der Waals surface area contributed by atoms with Crippen molar-refractivity contribution in [3.8, 4) is 11.9 Å². The smallest absolute Gasteiger partial charge is 0.343 e. The first-order chi connectivity index (χ1) is 12.3. The van der Waals surface area contributed by atoms with Gasteiger partial charge in [-0.1, -0.05) is 23.7 Å². The zero-order chi connectivity index (χ0) is 19.3. The van der Waals surface area contributed by atoms with E-state index in [1.165, 1.54) is 33.4 Å². The van der Waals surface area contributed by atoms with Crippen LogP contribution in [-0.4, -0.2) is 31.1 Å². The maximum atomic E-state index is 12.7. The third-order valence-electron chi connectivity index (χ3n) is 3.81. The van der Waals surface area contributed by atoms with Crippen molar-refractivity contribution in [1.82, 2.24) is 4.98 Å². The zero-order valence-corrected chi connectivity index (χ0v) is 15.1. The minimum atomic E-state index is -1.46. The quantitative estimate of drug-likeness (QED) is 0.808. The first-order valence-electron chi connectivity index (χ1n) is 7.46. The van der Waals surface area contributed by atoms with Gasteiger partial charge in [0.1, 0.15) is 5.56 Å². The number of hydrogen-bond donors (Lipinski definition) is 1. The number of rotatable bonds is 5. The normalized spacial score (nSPS) is 12.4. The molecule has 0 saturated carbocycles. The first-order valence-corrected chi connectivity index (χ1v) is 7.84. The van der Waals surface area contributed by atoms with E-state index in [1.54, 1.807) is 24.3 Å². The molecule has 0 radical (unpaired) electrons. The number of benzene rings is 1. The van der Waals surface area contributed by atoms with Crippen LogP contribution in [0.25, 0.3) is 0 Å². The minimum absolute atomic E-state index is 0.0537. The molecule has 1 aromatic heterocycles. The van der Waals surface area contributed by atoms with Crippen molar-refractivity contribution in [1.29, 1.82) is 5.26 Å². The van der Waals surface area contributed by atoms with Crippen LogP contribution >= 0.6 is 11.6 Å². The van der Waals surface area contributed by atoms with Gasteiger partial charge in [-0.3, -0.25) is 4.79 Å². The average molecular weight is 374 g/mol. The largest absolute Gasteiger partial charge is 0.480 e. The predicted molar refractivity (Wildman–Crippen MR) is 95.2 cm³/mol. The highest BCUT2D eigenvalue weighted by molar-refractivity contribution is 6.30. The number of esters is 1. The predicted octanol–water partition coefficient (Wildman–Crippen LogP) is 2.95. The number of amides is 1. The Balaban J connectivity index is 2.34. The molecule has 0 aliphatic rings. The van der Waals surface area contributed by atoms with Crippen molar-refractivity contribution in [2.45, 2.75) is 12.3 Å². The minimum Gasteiger partial charge on any atom is -0.480 e. The lowest BCUT2D eigenvalue weighted by atomic mass is 9.83. The van der Waals surface area contributed by atoms with E-state index in [1.807, 2.05) is 6.07 Å². The second-order valence-corrected chi connectivity index (χ2v) is 5.91. The number of pyridine rings is 1. The SMILES string of the molecule is COC(=O)c1cc(NC(=O)[C@@](C)(C#N)c2ccc(Cl)cc2)cnc1OC. The molecule has 0 aliphatic carbocycles. The van der Waals surface area contributed by atoms with Crippen molar-refractivity contribution in [3.05, 3.63) is 52.7 Å². The van der Waals surface area contributed by atoms with Crippen LogP contribution in [0, 0.1) is 11.3 Å². The summed E-state index contributed by atoms with van der Waals surface area (Å²) in [6, 6.07) is 9.80. The third kappa shape index (κ3) is 3.76. The van der Waals surface area contributed by atoms with Crippen molar-refractivity contribution >= 4 is 29.2 Å². The molecule has 1 heterocycles. The number of carbonyl (C=O) groups excluding carboxylic acids is 2. The summed E-state index contributed by atoms with van der Waals surface area (Å²) in [6.45, 7) is 1.49. The molecule has 0 saturated heterocycles. The summed E-state index contributed by atoms with van der Waals surface area (Å²) in [5, 5.41) is 12.7. The van der Waals surface area contributed by atoms with Crippen molar-refractivity contribution in [3.63, 3.8) is 0 Å². The van der Waals surface area contributed by atoms with Gasteiger partial charge in [-0.05, 0) is 30.7 Å². The summed E-state index contributed by atoms with van der Waals surface area (Å²) in [7, 11) is 2.58. The van der Waals surface area contributed by atoms with Gasteiger partial charge in [0.25, 0.3) is 0 Å². The number of methoxy groups -OCH3 is 2. The van der Waals surface area contributed by atoms with E-state index in [4.69, 9.17) is 16.3 Å². The number of carbonyl (C=O) groups is 2. The summed E-state index contributed by atoms with van der Waals surface area (Å²) in [5.41, 5.74) is -0.697. The number of nitrogens with one attached hydrogen (secondary N) is 1. The Morgan fingerprint density at radius 3 is 2.46 bits per heavy atom. The molecule has 1 N–H and O–H groups in total. The van der Waals surface area contributed by atoms with E-state index in [0.717, 1.165) is 0 Å². The van der Waals surface area contributed by atoms with Crippen molar-refractivity contribution in [2.75, 3.05) is 19.5 Å². The molecule has 0 fully saturated rings. The lowest BCUT2D eigenvalue weighted by Gasteiger charge is -2.21. The average Bonchev–Trinajstić information content (AvgIpc) is 2.67. The second kappa shape index (κ2) is 7.85. The van der Waals surface area contributed by atoms with Crippen LogP contribution in [0.4, 0.5) is 5.69 Å². The molecule has 7 nitrogen and oxygen atoms in total. The van der Waals surface area contributed by atoms with Gasteiger partial charge >= 0.3 is 5.97 Å². The van der Waals surface area contributed by atoms with Gasteiger partial charge in [0.05, 0.1) is 32.2 Å². The molecular weight excluding hydrogens is 358 g/mol. The Labute approximate surface area is 155 Å². The fourth-order valence-corrected chi connectivity index (χ4v) is 2.35. The van der Waals surface area contributed by atoms with Gasteiger partial charge in [0.2, 0.25) is 11.8 Å². The number of ether oxygens (including phenoxy) is 2. The van der Waals surface area contributed by atoms with Crippen LogP contribution in [-0.2, 0) is 14.9 Å². The maximum absolute atomic E-state index is 12.7. The number of aromatic nitrogens is 1. The van der Waals surface area contributed by atoms with Crippen LogP contribution in [0.2, 0.25) is 5.02 Å². The van der Waals surface area contributed by atoms with E-state index >= 15 is 0 Å². The maximum Gasteiger partial charge on any atom is 0.343 e. The summed E-state index contributed by atoms with van der Waals surface area (Å²) in [6.07, 6.45) is 1.32. The summed E-state index contributed by atoms with van der Waals surface area (Å²) in [5.74, 6) is -1.17. The highest BCUT2D eigenvalue weighted by atomic mass is 35.5. The van der Waals surface area contributed by atoms with Crippen LogP contribution in [0.3, 0.4) is 0 Å². The molecule has 1 atom stereocenters. The number of nitrogens with zero attached hydrogens (tertiary/aromatic N) is 2. The van der Waals surface area contributed by atoms with Gasteiger partial charge < -0.3 is 14.8 Å². The summed E-state index contributed by atoms with van der Waals surface area (Å²) in [4.78, 5) is 28.5. The number of hydrogen-bond acceptors (Lipinski definition) is 6. The molecular formula is C18H16ClN3O4. The fourth-order valence-electron chi connectivity index (χ4n) is 2.23. The van der Waals surface area contributed by atoms with Crippen LogP contribution in [0.5, 0.6) is 5.88 Å². The van der Waals surface area contributed by atoms with E-state index in [-0.39, 0.29) is 17.1 Å². The lowest BCUT2D eigenvalue weighted by Crippen LogP contribution is -2.36. The van der Waals surface area contributed by atoms with Gasteiger partial charge in [0, 0.05) is 5.02 Å². The van der Waals surface area contributed by atoms with E-state index in [0.29, 0.717) is 10.6 Å². The van der Waals surface area contributed by atoms with Crippen LogP contribution in [0.1, 0.15) is 22.8 Å². The number of anilines is 1. The molecule has 2 aromatic rings. The Morgan fingerprint density at radius 1 is 1.27 bits per heavy atom. The lowest BCUT2D eigenvalue weighted by molar-refractivity contribution is -0.119. The zero-order valence-electron chi connectivity index (χ0n) is 14.4. The highest BCUT2D eigenvalue weighted by Crippen LogP contribution is 2.27. The van der Waals surface area contributed by atoms with E-state index in [2.05, 4.69) is 15.0 Å². The van der Waals surface area contributed by atoms with E-state index < -0.39 is 17.3 Å². The highest BCUT2D eigenvalue weighted by Gasteiger charge is 2.35. The Hall–Kier alpha value is -3.11. The van der Waals surface area contributed by atoms with E-state index in [9.17, 15) is 14.9 Å². The van der Waals surface area contributed by atoms with Gasteiger partial charge in [-0.25, -0.2) is 9.78 Å². The molecule has 0 aliphatic heterocycles. The summed E-state index contributed by atoms with van der Waals surface area (Å²) >= 11 is 5.86. The summed E-state index contributed by atoms with van der Waals surface area (Å²) < 4.78 is 9.68. The third-order valence-corrected chi connectivity index (χ3v) is 4.06. The Kier molecular flexibility index (Phi) is 5.80. The molecule has 2 rings (SSSR count). The van der Waals surface area contributed by atoms with Crippen molar-refractivity contribution in [2.24, 2.45) is 0 Å². The molecule has 134 valence electrons. The molecule has 1 amide bonds. The van der Waals surface area contributed by atoms with Crippen molar-refractivity contribution < 1.29 is 19.1 Å². The van der Waals surface area contributed by atoms with Crippen LogP contribution < -0.4 is 10.1 Å². The van der Waals surface area contributed by atoms with Crippen LogP contribution in [0.15, 0.2) is 36.5 Å². The monoisotopic (exact) mass is 373 g/mol. The standard InChI is InChI=1S/C18H16ClN3O4/c1-18(10-20,11-4-6-12(19)7-5-11)17(24)22-13-8-14(16(23)26-3)15(25-2)21-9-13/h4-9H,1-3H3,(H,22,24)/t18-/m0/s1. The molecule has 1 aromatic carbocycles. The number of nitriles is 1.